The molecule has 0 unspecified atom stereocenters. The van der Waals surface area contributed by atoms with Crippen LogP contribution in [0.2, 0.25) is 0 Å². The number of hydrogen-bond donors (Lipinski definition) is 0. The summed E-state index contributed by atoms with van der Waals surface area (Å²) < 4.78 is 30.4. The largest absolute Gasteiger partial charge is 0.335 e. The van der Waals surface area contributed by atoms with Crippen LogP contribution in [0.15, 0.2) is 29.4 Å². The van der Waals surface area contributed by atoms with Crippen LogP contribution in [0, 0.1) is 41.5 Å². The molecular weight excluding hydrogens is 424 g/mol. The smallest absolute Gasteiger partial charge is 0.274 e. The van der Waals surface area contributed by atoms with E-state index in [1.54, 1.807) is 11.1 Å². The Hall–Kier alpha value is -2.71. The van der Waals surface area contributed by atoms with E-state index in [9.17, 15) is 13.2 Å². The van der Waals surface area contributed by atoms with E-state index in [4.69, 9.17) is 0 Å². The van der Waals surface area contributed by atoms with Gasteiger partial charge in [0, 0.05) is 38.6 Å². The lowest BCUT2D eigenvalue weighted by Crippen LogP contribution is -2.50. The number of nitrogens with zero attached hydrogens (tertiary/aromatic N) is 4. The first-order valence-electron chi connectivity index (χ1n) is 10.8. The van der Waals surface area contributed by atoms with Gasteiger partial charge in [-0.3, -0.25) is 4.79 Å². The summed E-state index contributed by atoms with van der Waals surface area (Å²) in [5.74, 6) is -0.169. The number of aromatic nitrogens is 2. The third-order valence-corrected chi connectivity index (χ3v) is 9.06. The molecule has 1 fully saturated rings. The molecule has 8 heteroatoms. The molecule has 0 bridgehead atoms. The van der Waals surface area contributed by atoms with Crippen LogP contribution >= 0.6 is 0 Å². The topological polar surface area (TPSA) is 75.0 Å². The molecule has 1 aromatic carbocycles. The first kappa shape index (κ1) is 22.5. The highest BCUT2D eigenvalue weighted by molar-refractivity contribution is 7.89. The molecule has 1 amide bonds. The number of carbonyl (C=O) groups excluding carboxylic acids is 1. The minimum atomic E-state index is -3.65. The lowest BCUT2D eigenvalue weighted by Gasteiger charge is -2.34. The second-order valence-corrected chi connectivity index (χ2v) is 10.6. The molecule has 2 aromatic heterocycles. The second-order valence-electron chi connectivity index (χ2n) is 8.75. The van der Waals surface area contributed by atoms with Crippen LogP contribution in [-0.4, -0.2) is 59.1 Å². The molecule has 1 aliphatic heterocycles. The number of hydrogen-bond acceptors (Lipinski definition) is 4. The quantitative estimate of drug-likeness (QED) is 0.608. The fraction of sp³-hybridized carbons (Fsp3) is 0.417. The summed E-state index contributed by atoms with van der Waals surface area (Å²) in [4.78, 5) is 19.5. The number of amides is 1. The van der Waals surface area contributed by atoms with Crippen LogP contribution < -0.4 is 0 Å². The fourth-order valence-electron chi connectivity index (χ4n) is 4.46. The maximum absolute atomic E-state index is 13.5. The van der Waals surface area contributed by atoms with Gasteiger partial charge in [0.1, 0.15) is 11.3 Å². The summed E-state index contributed by atoms with van der Waals surface area (Å²) in [5.41, 5.74) is 6.97. The number of piperazine rings is 1. The van der Waals surface area contributed by atoms with Crippen LogP contribution in [0.25, 0.3) is 5.65 Å². The number of fused-ring (bicyclic) bond motifs is 1. The molecule has 3 heterocycles. The van der Waals surface area contributed by atoms with Gasteiger partial charge in [0.2, 0.25) is 10.0 Å². The van der Waals surface area contributed by atoms with Gasteiger partial charge in [-0.25, -0.2) is 13.4 Å². The Morgan fingerprint density at radius 3 is 2.03 bits per heavy atom. The van der Waals surface area contributed by atoms with Gasteiger partial charge >= 0.3 is 0 Å². The normalized spacial score (nSPS) is 15.5. The highest BCUT2D eigenvalue weighted by Gasteiger charge is 2.34. The van der Waals surface area contributed by atoms with Crippen molar-refractivity contribution in [3.05, 3.63) is 63.6 Å². The zero-order chi connectivity index (χ0) is 23.4. The first-order valence-corrected chi connectivity index (χ1v) is 12.3. The summed E-state index contributed by atoms with van der Waals surface area (Å²) in [6.07, 6.45) is 3.61. The molecule has 1 saturated heterocycles. The van der Waals surface area contributed by atoms with E-state index >= 15 is 0 Å². The molecule has 0 spiro atoms. The van der Waals surface area contributed by atoms with E-state index in [1.807, 2.05) is 64.3 Å². The molecule has 170 valence electrons. The minimum absolute atomic E-state index is 0.169. The zero-order valence-corrected chi connectivity index (χ0v) is 20.4. The predicted molar refractivity (Wildman–Crippen MR) is 125 cm³/mol. The van der Waals surface area contributed by atoms with Gasteiger partial charge in [-0.15, -0.1) is 0 Å². The average Bonchev–Trinajstić information content (AvgIpc) is 3.19. The van der Waals surface area contributed by atoms with E-state index in [1.165, 1.54) is 4.31 Å². The standard InChI is InChI=1S/C24H30N4O3S/c1-15-7-8-27-14-21(25-22(27)13-15)24(29)26-9-11-28(12-10-26)32(30,31)23-19(5)17(3)16(2)18(4)20(23)6/h7-8,13-14H,9-12H2,1-6H3. The SMILES string of the molecule is Cc1ccn2cc(C(=O)N3CCN(S(=O)(=O)c4c(C)c(C)c(C)c(C)c4C)CC3)nc2c1. The molecule has 32 heavy (non-hydrogen) atoms. The van der Waals surface area contributed by atoms with Gasteiger partial charge in [-0.1, -0.05) is 0 Å². The molecule has 0 N–H and O–H groups in total. The van der Waals surface area contributed by atoms with Crippen molar-refractivity contribution < 1.29 is 13.2 Å². The molecule has 7 nitrogen and oxygen atoms in total. The van der Waals surface area contributed by atoms with Crippen molar-refractivity contribution in [1.82, 2.24) is 18.6 Å². The number of aryl methyl sites for hydroxylation is 1. The third kappa shape index (κ3) is 3.61. The van der Waals surface area contributed by atoms with Gasteiger partial charge in [-0.05, 0) is 87.1 Å². The summed E-state index contributed by atoms with van der Waals surface area (Å²) in [6.45, 7) is 12.9. The zero-order valence-electron chi connectivity index (χ0n) is 19.6. The summed E-state index contributed by atoms with van der Waals surface area (Å²) in [6, 6.07) is 3.89. The lowest BCUT2D eigenvalue weighted by molar-refractivity contribution is 0.0692. The number of carbonyl (C=O) groups is 1. The van der Waals surface area contributed by atoms with Crippen molar-refractivity contribution in [2.75, 3.05) is 26.2 Å². The molecular formula is C24H30N4O3S. The number of rotatable bonds is 3. The Kier molecular flexibility index (Phi) is 5.63. The van der Waals surface area contributed by atoms with E-state index in [0.29, 0.717) is 23.7 Å². The third-order valence-electron chi connectivity index (χ3n) is 6.89. The minimum Gasteiger partial charge on any atom is -0.335 e. The number of imidazole rings is 1. The summed E-state index contributed by atoms with van der Waals surface area (Å²) in [5, 5.41) is 0. The highest BCUT2D eigenvalue weighted by atomic mass is 32.2. The van der Waals surface area contributed by atoms with Crippen molar-refractivity contribution >= 4 is 21.6 Å². The fourth-order valence-corrected chi connectivity index (χ4v) is 6.44. The van der Waals surface area contributed by atoms with Crippen LogP contribution in [0.5, 0.6) is 0 Å². The second kappa shape index (κ2) is 8.01. The first-order chi connectivity index (χ1) is 15.0. The molecule has 1 aliphatic rings. The Morgan fingerprint density at radius 1 is 0.875 bits per heavy atom. The van der Waals surface area contributed by atoms with E-state index in [0.717, 1.165) is 39.0 Å². The van der Waals surface area contributed by atoms with E-state index in [2.05, 4.69) is 4.98 Å². The Balaban J connectivity index is 1.55. The van der Waals surface area contributed by atoms with Crippen molar-refractivity contribution in [2.24, 2.45) is 0 Å². The molecule has 0 aliphatic carbocycles. The maximum atomic E-state index is 13.5. The lowest BCUT2D eigenvalue weighted by atomic mass is 9.95. The Labute approximate surface area is 189 Å². The molecule has 0 radical (unpaired) electrons. The van der Waals surface area contributed by atoms with Gasteiger partial charge in [0.25, 0.3) is 5.91 Å². The Bertz CT molecular complexity index is 1300. The average molecular weight is 455 g/mol. The predicted octanol–water partition coefficient (Wildman–Crippen LogP) is 3.33. The van der Waals surface area contributed by atoms with E-state index < -0.39 is 10.0 Å². The van der Waals surface area contributed by atoms with Gasteiger partial charge in [0.05, 0.1) is 4.90 Å². The monoisotopic (exact) mass is 454 g/mol. The van der Waals surface area contributed by atoms with Crippen LogP contribution in [-0.2, 0) is 10.0 Å². The number of benzene rings is 1. The number of sulfonamides is 1. The molecule has 3 aromatic rings. The van der Waals surface area contributed by atoms with E-state index in [-0.39, 0.29) is 19.0 Å². The number of pyridine rings is 1. The molecule has 0 atom stereocenters. The molecule has 4 rings (SSSR count). The summed E-state index contributed by atoms with van der Waals surface area (Å²) >= 11 is 0. The summed E-state index contributed by atoms with van der Waals surface area (Å²) in [7, 11) is -3.65. The Morgan fingerprint density at radius 2 is 1.44 bits per heavy atom. The van der Waals surface area contributed by atoms with Crippen molar-refractivity contribution in [3.8, 4) is 0 Å². The van der Waals surface area contributed by atoms with Crippen molar-refractivity contribution in [2.45, 2.75) is 46.4 Å². The van der Waals surface area contributed by atoms with Crippen molar-refractivity contribution in [3.63, 3.8) is 0 Å². The maximum Gasteiger partial charge on any atom is 0.274 e. The van der Waals surface area contributed by atoms with Gasteiger partial charge < -0.3 is 9.30 Å². The van der Waals surface area contributed by atoms with Crippen LogP contribution in [0.4, 0.5) is 0 Å². The van der Waals surface area contributed by atoms with Gasteiger partial charge in [-0.2, -0.15) is 4.31 Å². The van der Waals surface area contributed by atoms with Gasteiger partial charge in [0.15, 0.2) is 0 Å². The highest BCUT2D eigenvalue weighted by Crippen LogP contribution is 2.32. The van der Waals surface area contributed by atoms with Crippen LogP contribution in [0.1, 0.15) is 43.9 Å². The molecule has 0 saturated carbocycles. The van der Waals surface area contributed by atoms with Crippen molar-refractivity contribution in [1.29, 1.82) is 0 Å². The van der Waals surface area contributed by atoms with Crippen LogP contribution in [0.3, 0.4) is 0 Å².